The summed E-state index contributed by atoms with van der Waals surface area (Å²) in [5.74, 6) is 2.85. The van der Waals surface area contributed by atoms with Gasteiger partial charge in [-0.15, -0.1) is 0 Å². The summed E-state index contributed by atoms with van der Waals surface area (Å²) < 4.78 is 22.1. The summed E-state index contributed by atoms with van der Waals surface area (Å²) in [6.45, 7) is 4.48. The molecule has 1 aliphatic heterocycles. The molecule has 0 bridgehead atoms. The number of methoxy groups -OCH3 is 1. The minimum absolute atomic E-state index is 0.742. The van der Waals surface area contributed by atoms with E-state index in [2.05, 4.69) is 120 Å². The average molecular weight is 776 g/mol. The molecule has 5 rings (SSSR count). The Morgan fingerprint density at radius 3 is 1.90 bits per heavy atom. The SMILES string of the molecule is CCCCc1cc(I)cc(Cc2cc(I)cc(CCCC)c2OP2Oc3ccccc3-c3ccccc32)c1OC. The van der Waals surface area contributed by atoms with Gasteiger partial charge in [0.2, 0.25) is 0 Å². The first-order valence-electron chi connectivity index (χ1n) is 14.0. The van der Waals surface area contributed by atoms with Crippen LogP contribution < -0.4 is 19.1 Å². The number of fused-ring (bicyclic) bond motifs is 3. The van der Waals surface area contributed by atoms with Crippen LogP contribution in [-0.4, -0.2) is 7.11 Å². The maximum Gasteiger partial charge on any atom is 0.326 e. The van der Waals surface area contributed by atoms with Crippen LogP contribution >= 0.6 is 53.6 Å². The molecule has 0 radical (unpaired) electrons. The third-order valence-electron chi connectivity index (χ3n) is 7.23. The highest BCUT2D eigenvalue weighted by molar-refractivity contribution is 14.1. The fourth-order valence-electron chi connectivity index (χ4n) is 5.30. The predicted molar refractivity (Wildman–Crippen MR) is 185 cm³/mol. The van der Waals surface area contributed by atoms with Crippen molar-refractivity contribution < 1.29 is 13.8 Å². The van der Waals surface area contributed by atoms with Crippen molar-refractivity contribution in [1.29, 1.82) is 0 Å². The van der Waals surface area contributed by atoms with Crippen LogP contribution in [0.4, 0.5) is 0 Å². The van der Waals surface area contributed by atoms with Gasteiger partial charge in [-0.3, -0.25) is 0 Å². The maximum atomic E-state index is 7.02. The van der Waals surface area contributed by atoms with Gasteiger partial charge in [0.05, 0.1) is 12.4 Å². The molecule has 1 atom stereocenters. The van der Waals surface area contributed by atoms with E-state index in [9.17, 15) is 0 Å². The van der Waals surface area contributed by atoms with Crippen LogP contribution in [0.3, 0.4) is 0 Å². The van der Waals surface area contributed by atoms with Crippen LogP contribution in [0.15, 0.2) is 72.8 Å². The zero-order valence-electron chi connectivity index (χ0n) is 23.3. The van der Waals surface area contributed by atoms with Crippen LogP contribution in [0.2, 0.25) is 0 Å². The van der Waals surface area contributed by atoms with E-state index in [1.807, 2.05) is 12.1 Å². The normalized spacial score (nSPS) is 13.8. The molecule has 3 nitrogen and oxygen atoms in total. The number of benzene rings is 4. The zero-order chi connectivity index (χ0) is 28.1. The molecule has 208 valence electrons. The molecule has 0 saturated heterocycles. The standard InChI is InChI=1S/C34H35I2O3P/c1-4-6-12-23-19-27(35)21-25(33(23)37-3)18-26-22-28(36)20-24(13-7-5-2)34(26)39-40-32-17-11-9-15-30(32)29-14-8-10-16-31(29)38-40/h8-11,14-17,19-22H,4-7,12-13,18H2,1-3H3. The molecule has 40 heavy (non-hydrogen) atoms. The zero-order valence-corrected chi connectivity index (χ0v) is 28.5. The number of para-hydroxylation sites is 1. The molecular weight excluding hydrogens is 741 g/mol. The number of rotatable bonds is 11. The second-order valence-corrected chi connectivity index (χ2v) is 14.0. The van der Waals surface area contributed by atoms with Gasteiger partial charge in [0.1, 0.15) is 17.2 Å². The number of halogens is 2. The third-order valence-corrected chi connectivity index (χ3v) is 9.97. The monoisotopic (exact) mass is 776 g/mol. The van der Waals surface area contributed by atoms with Gasteiger partial charge in [-0.25, -0.2) is 0 Å². The second-order valence-electron chi connectivity index (χ2n) is 10.1. The molecule has 0 aromatic heterocycles. The topological polar surface area (TPSA) is 27.7 Å². The summed E-state index contributed by atoms with van der Waals surface area (Å²) >= 11 is 4.89. The number of hydrogen-bond acceptors (Lipinski definition) is 3. The van der Waals surface area contributed by atoms with Crippen molar-refractivity contribution in [2.75, 3.05) is 7.11 Å². The average Bonchev–Trinajstić information content (AvgIpc) is 2.96. The Balaban J connectivity index is 1.58. The summed E-state index contributed by atoms with van der Waals surface area (Å²) in [6.07, 6.45) is 7.30. The van der Waals surface area contributed by atoms with Crippen LogP contribution in [0, 0.1) is 7.14 Å². The van der Waals surface area contributed by atoms with Crippen molar-refractivity contribution in [2.45, 2.75) is 58.8 Å². The largest absolute Gasteiger partial charge is 0.496 e. The quantitative estimate of drug-likeness (QED) is 0.112. The van der Waals surface area contributed by atoms with Gasteiger partial charge in [-0.2, -0.15) is 0 Å². The van der Waals surface area contributed by atoms with Crippen molar-refractivity contribution in [1.82, 2.24) is 0 Å². The van der Waals surface area contributed by atoms with E-state index in [4.69, 9.17) is 13.8 Å². The van der Waals surface area contributed by atoms with E-state index in [-0.39, 0.29) is 0 Å². The van der Waals surface area contributed by atoms with Crippen molar-refractivity contribution in [3.8, 4) is 28.4 Å². The highest BCUT2D eigenvalue weighted by Gasteiger charge is 2.30. The lowest BCUT2D eigenvalue weighted by Crippen LogP contribution is -2.18. The third kappa shape index (κ3) is 6.63. The van der Waals surface area contributed by atoms with Gasteiger partial charge < -0.3 is 13.8 Å². The highest BCUT2D eigenvalue weighted by atomic mass is 127. The Hall–Kier alpha value is -1.83. The molecule has 0 aliphatic carbocycles. The van der Waals surface area contributed by atoms with Crippen molar-refractivity contribution in [3.63, 3.8) is 0 Å². The van der Waals surface area contributed by atoms with E-state index >= 15 is 0 Å². The lowest BCUT2D eigenvalue weighted by Gasteiger charge is -2.29. The van der Waals surface area contributed by atoms with Crippen LogP contribution in [-0.2, 0) is 19.3 Å². The minimum atomic E-state index is -1.35. The Labute approximate surface area is 267 Å². The second kappa shape index (κ2) is 13.9. The van der Waals surface area contributed by atoms with E-state index in [1.165, 1.54) is 35.0 Å². The van der Waals surface area contributed by atoms with E-state index in [0.29, 0.717) is 0 Å². The van der Waals surface area contributed by atoms with Gasteiger partial charge in [0.25, 0.3) is 0 Å². The molecule has 4 aromatic rings. The Kier molecular flexibility index (Phi) is 10.3. The molecule has 6 heteroatoms. The molecule has 0 fully saturated rings. The first-order valence-corrected chi connectivity index (χ1v) is 17.4. The molecule has 0 spiro atoms. The van der Waals surface area contributed by atoms with Crippen LogP contribution in [0.25, 0.3) is 11.1 Å². The number of aryl methyl sites for hydroxylation is 2. The molecule has 1 aliphatic rings. The molecule has 0 saturated carbocycles. The van der Waals surface area contributed by atoms with Crippen molar-refractivity contribution in [3.05, 3.63) is 102 Å². The van der Waals surface area contributed by atoms with E-state index in [0.717, 1.165) is 73.1 Å². The van der Waals surface area contributed by atoms with Gasteiger partial charge in [0, 0.05) is 24.7 Å². The fraction of sp³-hybridized carbons (Fsp3) is 0.294. The van der Waals surface area contributed by atoms with Gasteiger partial charge in [-0.05, 0) is 130 Å². The van der Waals surface area contributed by atoms with E-state index < -0.39 is 8.38 Å². The van der Waals surface area contributed by atoms with Gasteiger partial charge >= 0.3 is 8.38 Å². The molecule has 4 aromatic carbocycles. The summed E-state index contributed by atoms with van der Waals surface area (Å²) in [5.41, 5.74) is 7.24. The predicted octanol–water partition coefficient (Wildman–Crippen LogP) is 10.3. The summed E-state index contributed by atoms with van der Waals surface area (Å²) in [5, 5.41) is 1.12. The Morgan fingerprint density at radius 1 is 0.700 bits per heavy atom. The van der Waals surface area contributed by atoms with Crippen molar-refractivity contribution in [2.24, 2.45) is 0 Å². The summed E-state index contributed by atoms with van der Waals surface area (Å²) in [6, 6.07) is 25.9. The fourth-order valence-corrected chi connectivity index (χ4v) is 8.37. The van der Waals surface area contributed by atoms with Gasteiger partial charge in [-0.1, -0.05) is 63.1 Å². The number of unbranched alkanes of at least 4 members (excludes halogenated alkanes) is 2. The first-order chi connectivity index (χ1) is 19.5. The smallest absolute Gasteiger partial charge is 0.326 e. The molecule has 0 amide bonds. The summed E-state index contributed by atoms with van der Waals surface area (Å²) in [4.78, 5) is 0. The number of hydrogen-bond donors (Lipinski definition) is 0. The van der Waals surface area contributed by atoms with Gasteiger partial charge in [0.15, 0.2) is 0 Å². The lowest BCUT2D eigenvalue weighted by molar-refractivity contribution is 0.404. The highest BCUT2D eigenvalue weighted by Crippen LogP contribution is 2.51. The molecule has 0 N–H and O–H groups in total. The Morgan fingerprint density at radius 2 is 1.25 bits per heavy atom. The number of ether oxygens (including phenoxy) is 1. The van der Waals surface area contributed by atoms with Crippen LogP contribution in [0.5, 0.6) is 17.2 Å². The summed E-state index contributed by atoms with van der Waals surface area (Å²) in [7, 11) is 0.450. The van der Waals surface area contributed by atoms with E-state index in [1.54, 1.807) is 7.11 Å². The molecule has 1 unspecified atom stereocenters. The Bertz CT molecular complexity index is 1490. The first kappa shape index (κ1) is 29.7. The minimum Gasteiger partial charge on any atom is -0.496 e. The molecular formula is C34H35I2O3P. The van der Waals surface area contributed by atoms with Crippen LogP contribution in [0.1, 0.15) is 61.8 Å². The maximum absolute atomic E-state index is 7.02. The van der Waals surface area contributed by atoms with Crippen molar-refractivity contribution >= 4 is 58.9 Å². The molecule has 1 heterocycles. The lowest BCUT2D eigenvalue weighted by atomic mass is 9.96.